The number of rotatable bonds is 8. The first-order chi connectivity index (χ1) is 11.9. The van der Waals surface area contributed by atoms with E-state index in [4.69, 9.17) is 16.7 Å². The van der Waals surface area contributed by atoms with Crippen molar-refractivity contribution in [2.75, 3.05) is 13.1 Å². The molecule has 1 aromatic carbocycles. The third kappa shape index (κ3) is 5.16. The minimum atomic E-state index is -0.806. The topological polar surface area (TPSA) is 69.6 Å². The third-order valence-electron chi connectivity index (χ3n) is 4.89. The van der Waals surface area contributed by atoms with Crippen molar-refractivity contribution in [1.29, 1.82) is 0 Å². The number of carbonyl (C=O) groups is 2. The van der Waals surface area contributed by atoms with Crippen LogP contribution in [0.5, 0.6) is 0 Å². The van der Waals surface area contributed by atoms with Crippen LogP contribution in [0.4, 0.5) is 4.39 Å². The van der Waals surface area contributed by atoms with Crippen LogP contribution < -0.4 is 5.32 Å². The summed E-state index contributed by atoms with van der Waals surface area (Å²) in [6, 6.07) is 4.29. The van der Waals surface area contributed by atoms with E-state index in [-0.39, 0.29) is 36.0 Å². The molecule has 0 spiro atoms. The summed E-state index contributed by atoms with van der Waals surface area (Å²) in [4.78, 5) is 25.2. The molecule has 1 amide bonds. The fraction of sp³-hybridized carbons (Fsp3) is 0.556. The van der Waals surface area contributed by atoms with Crippen molar-refractivity contribution in [2.24, 2.45) is 5.92 Å². The van der Waals surface area contributed by atoms with E-state index in [1.807, 2.05) is 4.90 Å². The fourth-order valence-corrected chi connectivity index (χ4v) is 3.50. The van der Waals surface area contributed by atoms with E-state index < -0.39 is 11.8 Å². The molecule has 0 saturated heterocycles. The maximum Gasteiger partial charge on any atom is 0.317 e. The molecule has 2 N–H and O–H groups in total. The highest BCUT2D eigenvalue weighted by Crippen LogP contribution is 2.33. The molecule has 2 aliphatic carbocycles. The largest absolute Gasteiger partial charge is 0.480 e. The smallest absolute Gasteiger partial charge is 0.317 e. The number of hydrogen-bond acceptors (Lipinski definition) is 3. The van der Waals surface area contributed by atoms with Crippen LogP contribution in [0.15, 0.2) is 18.2 Å². The van der Waals surface area contributed by atoms with Crippen LogP contribution in [0.1, 0.15) is 31.2 Å². The number of carboxylic acid groups (broad SMARTS) is 1. The van der Waals surface area contributed by atoms with Crippen LogP contribution in [0.3, 0.4) is 0 Å². The van der Waals surface area contributed by atoms with Crippen LogP contribution >= 0.6 is 11.6 Å². The summed E-state index contributed by atoms with van der Waals surface area (Å²) in [5, 5.41) is 12.3. The van der Waals surface area contributed by atoms with Crippen molar-refractivity contribution in [3.63, 3.8) is 0 Å². The zero-order valence-corrected chi connectivity index (χ0v) is 14.6. The molecule has 0 unspecified atom stereocenters. The molecule has 7 heteroatoms. The number of benzene rings is 1. The summed E-state index contributed by atoms with van der Waals surface area (Å²) in [6.07, 6.45) is 4.01. The van der Waals surface area contributed by atoms with Gasteiger partial charge >= 0.3 is 5.97 Å². The Labute approximate surface area is 151 Å². The fourth-order valence-electron chi connectivity index (χ4n) is 3.27. The zero-order valence-electron chi connectivity index (χ0n) is 13.9. The van der Waals surface area contributed by atoms with Crippen molar-refractivity contribution < 1.29 is 19.1 Å². The lowest BCUT2D eigenvalue weighted by atomic mass is 9.85. The number of nitrogens with one attached hydrogen (secondary N) is 1. The first kappa shape index (κ1) is 18.1. The van der Waals surface area contributed by atoms with E-state index in [2.05, 4.69) is 5.32 Å². The predicted octanol–water partition coefficient (Wildman–Crippen LogP) is 2.47. The Kier molecular flexibility index (Phi) is 5.59. The molecule has 136 valence electrons. The summed E-state index contributed by atoms with van der Waals surface area (Å²) < 4.78 is 13.0. The van der Waals surface area contributed by atoms with Gasteiger partial charge in [0.1, 0.15) is 5.82 Å². The second-order valence-corrected chi connectivity index (χ2v) is 7.48. The molecule has 0 atom stereocenters. The Bertz CT molecular complexity index is 660. The first-order valence-electron chi connectivity index (χ1n) is 8.60. The van der Waals surface area contributed by atoms with Gasteiger partial charge < -0.3 is 10.4 Å². The van der Waals surface area contributed by atoms with Crippen LogP contribution in [-0.2, 0) is 16.0 Å². The molecule has 2 fully saturated rings. The third-order valence-corrected chi connectivity index (χ3v) is 5.24. The molecule has 0 aromatic heterocycles. The summed E-state index contributed by atoms with van der Waals surface area (Å²) in [7, 11) is 0. The number of hydrogen-bond donors (Lipinski definition) is 2. The Morgan fingerprint density at radius 1 is 1.32 bits per heavy atom. The van der Waals surface area contributed by atoms with Gasteiger partial charge in [-0.3, -0.25) is 14.5 Å². The molecule has 2 aliphatic rings. The van der Waals surface area contributed by atoms with E-state index >= 15 is 0 Å². The molecule has 0 heterocycles. The highest BCUT2D eigenvalue weighted by Gasteiger charge is 2.37. The highest BCUT2D eigenvalue weighted by atomic mass is 35.5. The number of amides is 1. The molecule has 5 nitrogen and oxygen atoms in total. The van der Waals surface area contributed by atoms with E-state index in [0.717, 1.165) is 19.4 Å². The quantitative estimate of drug-likeness (QED) is 0.739. The van der Waals surface area contributed by atoms with Crippen molar-refractivity contribution in [2.45, 2.75) is 44.2 Å². The van der Waals surface area contributed by atoms with Crippen molar-refractivity contribution >= 4 is 23.5 Å². The summed E-state index contributed by atoms with van der Waals surface area (Å²) >= 11 is 5.94. The first-order valence-corrected chi connectivity index (χ1v) is 8.97. The molecule has 0 aliphatic heterocycles. The van der Waals surface area contributed by atoms with Crippen molar-refractivity contribution in [1.82, 2.24) is 10.2 Å². The Morgan fingerprint density at radius 2 is 2.04 bits per heavy atom. The van der Waals surface area contributed by atoms with Crippen LogP contribution in [0.25, 0.3) is 0 Å². The SMILES string of the molecule is O=C(O)CN(CC1CC1)C1CC(NC(=O)Cc2ccc(F)cc2Cl)C1. The minimum absolute atomic E-state index is 0.0622. The molecule has 25 heavy (non-hydrogen) atoms. The Morgan fingerprint density at radius 3 is 2.64 bits per heavy atom. The molecule has 2 saturated carbocycles. The number of nitrogens with zero attached hydrogens (tertiary/aromatic N) is 1. The van der Waals surface area contributed by atoms with Crippen molar-refractivity contribution in [3.05, 3.63) is 34.6 Å². The van der Waals surface area contributed by atoms with E-state index in [9.17, 15) is 14.0 Å². The second kappa shape index (κ2) is 7.70. The Hall–Kier alpha value is -1.66. The predicted molar refractivity (Wildman–Crippen MR) is 92.0 cm³/mol. The normalized spacial score (nSPS) is 22.5. The standard InChI is InChI=1S/C18H22ClFN2O3/c19-16-6-13(20)4-3-12(16)5-17(23)21-14-7-15(8-14)22(10-18(24)25)9-11-1-2-11/h3-4,6,11,14-15H,1-2,5,7-10H2,(H,21,23)(H,24,25). The molecule has 1 aromatic rings. The number of aliphatic carboxylic acids is 1. The van der Waals surface area contributed by atoms with Gasteiger partial charge in [0, 0.05) is 23.7 Å². The molecule has 0 radical (unpaired) electrons. The number of carboxylic acids is 1. The zero-order chi connectivity index (χ0) is 18.0. The lowest BCUT2D eigenvalue weighted by molar-refractivity contribution is -0.140. The van der Waals surface area contributed by atoms with Crippen molar-refractivity contribution in [3.8, 4) is 0 Å². The van der Waals surface area contributed by atoms with E-state index in [0.29, 0.717) is 11.5 Å². The second-order valence-electron chi connectivity index (χ2n) is 7.07. The van der Waals surface area contributed by atoms with E-state index in [1.54, 1.807) is 0 Å². The van der Waals surface area contributed by atoms with Gasteiger partial charge in [-0.1, -0.05) is 17.7 Å². The molecule has 0 bridgehead atoms. The van der Waals surface area contributed by atoms with Crippen LogP contribution in [0.2, 0.25) is 5.02 Å². The molecular weight excluding hydrogens is 347 g/mol. The van der Waals surface area contributed by atoms with Gasteiger partial charge in [-0.05, 0) is 49.3 Å². The van der Waals surface area contributed by atoms with Gasteiger partial charge in [-0.25, -0.2) is 4.39 Å². The maximum atomic E-state index is 13.0. The number of carbonyl (C=O) groups excluding carboxylic acids is 1. The summed E-state index contributed by atoms with van der Waals surface area (Å²) in [5.74, 6) is -0.748. The monoisotopic (exact) mass is 368 g/mol. The molecular formula is C18H22ClFN2O3. The van der Waals surface area contributed by atoms with Gasteiger partial charge in [0.25, 0.3) is 0 Å². The minimum Gasteiger partial charge on any atom is -0.480 e. The summed E-state index contributed by atoms with van der Waals surface area (Å²) in [6.45, 7) is 0.899. The van der Waals surface area contributed by atoms with Gasteiger partial charge in [-0.2, -0.15) is 0 Å². The van der Waals surface area contributed by atoms with Gasteiger partial charge in [0.2, 0.25) is 5.91 Å². The van der Waals surface area contributed by atoms with Crippen LogP contribution in [0, 0.1) is 11.7 Å². The lowest BCUT2D eigenvalue weighted by Gasteiger charge is -2.42. The van der Waals surface area contributed by atoms with E-state index in [1.165, 1.54) is 31.0 Å². The maximum absolute atomic E-state index is 13.0. The summed E-state index contributed by atoms with van der Waals surface area (Å²) in [5.41, 5.74) is 0.595. The van der Waals surface area contributed by atoms with Gasteiger partial charge in [0.15, 0.2) is 0 Å². The average Bonchev–Trinajstić information content (AvgIpc) is 3.28. The molecule has 3 rings (SSSR count). The highest BCUT2D eigenvalue weighted by molar-refractivity contribution is 6.31. The van der Waals surface area contributed by atoms with Gasteiger partial charge in [0.05, 0.1) is 13.0 Å². The Balaban J connectivity index is 1.45. The average molecular weight is 369 g/mol. The van der Waals surface area contributed by atoms with Crippen LogP contribution in [-0.4, -0.2) is 47.1 Å². The number of halogens is 2. The van der Waals surface area contributed by atoms with Gasteiger partial charge in [-0.15, -0.1) is 0 Å². The lowest BCUT2D eigenvalue weighted by Crippen LogP contribution is -2.55.